The van der Waals surface area contributed by atoms with Crippen LogP contribution >= 0.6 is 0 Å². The summed E-state index contributed by atoms with van der Waals surface area (Å²) in [4.78, 5) is 4.24. The minimum Gasteiger partial charge on any atom is -0.476 e. The number of hydrogen-bond acceptors (Lipinski definition) is 4. The number of aromatic nitrogens is 1. The standard InChI is InChI=1S/C12H15N3O/c1-9-5-10(7-13)6-12(15-9)16-8-11-3-2-4-14-11/h5-6,11,14H,2-4,8H2,1H3. The van der Waals surface area contributed by atoms with E-state index in [1.165, 1.54) is 6.42 Å². The maximum absolute atomic E-state index is 8.82. The molecular formula is C12H15N3O. The molecule has 0 aliphatic carbocycles. The maximum Gasteiger partial charge on any atom is 0.214 e. The molecule has 0 radical (unpaired) electrons. The second-order valence-electron chi connectivity index (χ2n) is 4.05. The van der Waals surface area contributed by atoms with Crippen molar-refractivity contribution < 1.29 is 4.74 Å². The van der Waals surface area contributed by atoms with Gasteiger partial charge in [0, 0.05) is 17.8 Å². The summed E-state index contributed by atoms with van der Waals surface area (Å²) in [5.74, 6) is 0.547. The van der Waals surface area contributed by atoms with Gasteiger partial charge < -0.3 is 10.1 Å². The van der Waals surface area contributed by atoms with Gasteiger partial charge in [0.1, 0.15) is 6.61 Å². The van der Waals surface area contributed by atoms with Gasteiger partial charge in [0.15, 0.2) is 0 Å². The highest BCUT2D eigenvalue weighted by atomic mass is 16.5. The fourth-order valence-corrected chi connectivity index (χ4v) is 1.86. The van der Waals surface area contributed by atoms with E-state index >= 15 is 0 Å². The lowest BCUT2D eigenvalue weighted by Gasteiger charge is -2.11. The molecule has 1 fully saturated rings. The first kappa shape index (κ1) is 10.9. The molecule has 1 aliphatic rings. The molecule has 1 unspecified atom stereocenters. The molecule has 0 amide bonds. The van der Waals surface area contributed by atoms with Crippen molar-refractivity contribution in [1.29, 1.82) is 5.26 Å². The Kier molecular flexibility index (Phi) is 3.37. The van der Waals surface area contributed by atoms with E-state index in [-0.39, 0.29) is 0 Å². The SMILES string of the molecule is Cc1cc(C#N)cc(OCC2CCCN2)n1. The summed E-state index contributed by atoms with van der Waals surface area (Å²) in [6, 6.07) is 5.96. The van der Waals surface area contributed by atoms with E-state index in [0.29, 0.717) is 24.1 Å². The zero-order valence-electron chi connectivity index (χ0n) is 9.36. The average molecular weight is 217 g/mol. The molecule has 4 heteroatoms. The molecule has 2 rings (SSSR count). The molecule has 0 bridgehead atoms. The van der Waals surface area contributed by atoms with E-state index in [9.17, 15) is 0 Å². The molecular weight excluding hydrogens is 202 g/mol. The first-order valence-corrected chi connectivity index (χ1v) is 5.53. The van der Waals surface area contributed by atoms with Crippen LogP contribution in [0.3, 0.4) is 0 Å². The summed E-state index contributed by atoms with van der Waals surface area (Å²) in [5.41, 5.74) is 1.41. The summed E-state index contributed by atoms with van der Waals surface area (Å²) < 4.78 is 5.59. The maximum atomic E-state index is 8.82. The minimum absolute atomic E-state index is 0.424. The Morgan fingerprint density at radius 1 is 1.62 bits per heavy atom. The normalized spacial score (nSPS) is 19.4. The molecule has 1 atom stereocenters. The van der Waals surface area contributed by atoms with Gasteiger partial charge in [-0.15, -0.1) is 0 Å². The summed E-state index contributed by atoms with van der Waals surface area (Å²) in [6.07, 6.45) is 2.36. The molecule has 2 heterocycles. The van der Waals surface area contributed by atoms with Gasteiger partial charge in [-0.05, 0) is 32.4 Å². The molecule has 0 saturated carbocycles. The van der Waals surface area contributed by atoms with Crippen molar-refractivity contribution in [2.75, 3.05) is 13.2 Å². The zero-order valence-corrected chi connectivity index (χ0v) is 9.36. The lowest BCUT2D eigenvalue weighted by Crippen LogP contribution is -2.28. The van der Waals surface area contributed by atoms with Crippen molar-refractivity contribution in [1.82, 2.24) is 10.3 Å². The summed E-state index contributed by atoms with van der Waals surface area (Å²) >= 11 is 0. The van der Waals surface area contributed by atoms with Crippen LogP contribution in [0.25, 0.3) is 0 Å². The third kappa shape index (κ3) is 2.71. The molecule has 0 aromatic carbocycles. The number of ether oxygens (including phenoxy) is 1. The van der Waals surface area contributed by atoms with Gasteiger partial charge in [0.25, 0.3) is 0 Å². The quantitative estimate of drug-likeness (QED) is 0.831. The van der Waals surface area contributed by atoms with Crippen molar-refractivity contribution in [2.24, 2.45) is 0 Å². The monoisotopic (exact) mass is 217 g/mol. The van der Waals surface area contributed by atoms with E-state index in [1.54, 1.807) is 12.1 Å². The Balaban J connectivity index is 1.98. The first-order chi connectivity index (χ1) is 7.78. The Hall–Kier alpha value is -1.60. The predicted octanol–water partition coefficient (Wildman–Crippen LogP) is 1.39. The number of pyridine rings is 1. The van der Waals surface area contributed by atoms with E-state index < -0.39 is 0 Å². The van der Waals surface area contributed by atoms with Crippen molar-refractivity contribution in [3.8, 4) is 11.9 Å². The molecule has 1 N–H and O–H groups in total. The van der Waals surface area contributed by atoms with Gasteiger partial charge in [0.2, 0.25) is 5.88 Å². The van der Waals surface area contributed by atoms with Crippen molar-refractivity contribution >= 4 is 0 Å². The van der Waals surface area contributed by atoms with Crippen LogP contribution in [0.15, 0.2) is 12.1 Å². The van der Waals surface area contributed by atoms with Crippen LogP contribution in [0.4, 0.5) is 0 Å². The highest BCUT2D eigenvalue weighted by molar-refractivity contribution is 5.34. The van der Waals surface area contributed by atoms with Crippen LogP contribution in [-0.4, -0.2) is 24.2 Å². The van der Waals surface area contributed by atoms with Gasteiger partial charge in [-0.1, -0.05) is 0 Å². The van der Waals surface area contributed by atoms with E-state index in [0.717, 1.165) is 18.7 Å². The lowest BCUT2D eigenvalue weighted by molar-refractivity contribution is 0.267. The zero-order chi connectivity index (χ0) is 11.4. The summed E-state index contributed by atoms with van der Waals surface area (Å²) in [6.45, 7) is 3.56. The highest BCUT2D eigenvalue weighted by Crippen LogP contribution is 2.13. The van der Waals surface area contributed by atoms with E-state index in [2.05, 4.69) is 16.4 Å². The second kappa shape index (κ2) is 4.95. The average Bonchev–Trinajstić information content (AvgIpc) is 2.78. The smallest absolute Gasteiger partial charge is 0.214 e. The van der Waals surface area contributed by atoms with Crippen LogP contribution in [0.5, 0.6) is 5.88 Å². The number of nitriles is 1. The Morgan fingerprint density at radius 3 is 3.19 bits per heavy atom. The summed E-state index contributed by atoms with van der Waals surface area (Å²) in [7, 11) is 0. The van der Waals surface area contributed by atoms with Crippen LogP contribution in [-0.2, 0) is 0 Å². The largest absolute Gasteiger partial charge is 0.476 e. The van der Waals surface area contributed by atoms with Crippen LogP contribution < -0.4 is 10.1 Å². The van der Waals surface area contributed by atoms with E-state index in [1.807, 2.05) is 6.92 Å². The van der Waals surface area contributed by atoms with Crippen molar-refractivity contribution in [2.45, 2.75) is 25.8 Å². The van der Waals surface area contributed by atoms with Crippen LogP contribution in [0.2, 0.25) is 0 Å². The molecule has 16 heavy (non-hydrogen) atoms. The van der Waals surface area contributed by atoms with Crippen molar-refractivity contribution in [3.63, 3.8) is 0 Å². The molecule has 84 valence electrons. The molecule has 1 aliphatic heterocycles. The minimum atomic E-state index is 0.424. The third-order valence-corrected chi connectivity index (χ3v) is 2.65. The van der Waals surface area contributed by atoms with Gasteiger partial charge >= 0.3 is 0 Å². The number of nitrogens with one attached hydrogen (secondary N) is 1. The highest BCUT2D eigenvalue weighted by Gasteiger charge is 2.14. The topological polar surface area (TPSA) is 57.9 Å². The number of aryl methyl sites for hydroxylation is 1. The second-order valence-corrected chi connectivity index (χ2v) is 4.05. The first-order valence-electron chi connectivity index (χ1n) is 5.53. The van der Waals surface area contributed by atoms with E-state index in [4.69, 9.17) is 10.00 Å². The number of rotatable bonds is 3. The van der Waals surface area contributed by atoms with Gasteiger partial charge in [-0.3, -0.25) is 0 Å². The fraction of sp³-hybridized carbons (Fsp3) is 0.500. The van der Waals surface area contributed by atoms with Gasteiger partial charge in [-0.2, -0.15) is 5.26 Å². The lowest BCUT2D eigenvalue weighted by atomic mass is 10.2. The van der Waals surface area contributed by atoms with Crippen LogP contribution in [0, 0.1) is 18.3 Å². The van der Waals surface area contributed by atoms with Gasteiger partial charge in [-0.25, -0.2) is 4.98 Å². The Labute approximate surface area is 95.3 Å². The van der Waals surface area contributed by atoms with Crippen LogP contribution in [0.1, 0.15) is 24.1 Å². The number of hydrogen-bond donors (Lipinski definition) is 1. The number of nitrogens with zero attached hydrogens (tertiary/aromatic N) is 2. The third-order valence-electron chi connectivity index (χ3n) is 2.65. The molecule has 4 nitrogen and oxygen atoms in total. The molecule has 0 spiro atoms. The predicted molar refractivity (Wildman–Crippen MR) is 60.2 cm³/mol. The van der Waals surface area contributed by atoms with Gasteiger partial charge in [0.05, 0.1) is 11.6 Å². The Morgan fingerprint density at radius 2 is 2.50 bits per heavy atom. The summed E-state index contributed by atoms with van der Waals surface area (Å²) in [5, 5.41) is 12.2. The molecule has 1 aromatic rings. The molecule has 1 aromatic heterocycles. The molecule has 1 saturated heterocycles. The van der Waals surface area contributed by atoms with Crippen molar-refractivity contribution in [3.05, 3.63) is 23.4 Å². The fourth-order valence-electron chi connectivity index (χ4n) is 1.86. The Bertz CT molecular complexity index is 405.